The molecule has 0 spiro atoms. The van der Waals surface area contributed by atoms with Crippen LogP contribution in [0.3, 0.4) is 0 Å². The molecule has 3 aromatic rings. The van der Waals surface area contributed by atoms with Crippen LogP contribution in [0, 0.1) is 5.82 Å². The van der Waals surface area contributed by atoms with Gasteiger partial charge in [-0.3, -0.25) is 9.78 Å². The molecule has 1 aromatic heterocycles. The van der Waals surface area contributed by atoms with Gasteiger partial charge in [0.2, 0.25) is 5.91 Å². The van der Waals surface area contributed by atoms with E-state index in [1.165, 1.54) is 12.1 Å². The van der Waals surface area contributed by atoms with Crippen LogP contribution in [0.15, 0.2) is 60.7 Å². The first-order valence-corrected chi connectivity index (χ1v) is 10.8. The second kappa shape index (κ2) is 9.73. The molecule has 0 unspecified atom stereocenters. The van der Waals surface area contributed by atoms with Crippen LogP contribution >= 0.6 is 0 Å². The van der Waals surface area contributed by atoms with E-state index >= 15 is 0 Å². The zero-order valence-electron chi connectivity index (χ0n) is 17.8. The van der Waals surface area contributed by atoms with Gasteiger partial charge in [0.05, 0.1) is 18.5 Å². The van der Waals surface area contributed by atoms with Crippen molar-refractivity contribution in [1.82, 2.24) is 9.88 Å². The number of hydrogen-bond acceptors (Lipinski definition) is 3. The van der Waals surface area contributed by atoms with E-state index in [0.717, 1.165) is 59.6 Å². The van der Waals surface area contributed by atoms with Gasteiger partial charge in [-0.2, -0.15) is 0 Å². The van der Waals surface area contributed by atoms with Crippen molar-refractivity contribution in [1.29, 1.82) is 0 Å². The van der Waals surface area contributed by atoms with Crippen molar-refractivity contribution in [3.8, 4) is 28.1 Å². The van der Waals surface area contributed by atoms with Gasteiger partial charge in [0.15, 0.2) is 0 Å². The summed E-state index contributed by atoms with van der Waals surface area (Å²) in [6, 6.07) is 18.3. The van der Waals surface area contributed by atoms with Crippen LogP contribution in [0.25, 0.3) is 22.4 Å². The number of likely N-dealkylation sites (tertiary alicyclic amines) is 1. The average Bonchev–Trinajstić information content (AvgIpc) is 3.02. The molecule has 2 heterocycles. The van der Waals surface area contributed by atoms with E-state index < -0.39 is 0 Å². The molecule has 0 atom stereocenters. The van der Waals surface area contributed by atoms with Crippen molar-refractivity contribution in [3.63, 3.8) is 0 Å². The summed E-state index contributed by atoms with van der Waals surface area (Å²) in [7, 11) is 1.65. The Bertz CT molecular complexity index is 1030. The topological polar surface area (TPSA) is 42.4 Å². The standard InChI is InChI=1S/C26H27FN2O2/c1-31-22-12-8-19(9-13-22)23-14-15-24(20-6-10-21(27)11-7-20)28-25(23)16-18-29-17-4-2-3-5-26(29)30/h6-15H,2-5,16-18H2,1H3. The molecular weight excluding hydrogens is 391 g/mol. The number of hydrogen-bond donors (Lipinski definition) is 0. The molecule has 0 N–H and O–H groups in total. The molecule has 1 aliphatic heterocycles. The predicted octanol–water partition coefficient (Wildman–Crippen LogP) is 5.51. The van der Waals surface area contributed by atoms with Gasteiger partial charge in [-0.15, -0.1) is 0 Å². The summed E-state index contributed by atoms with van der Waals surface area (Å²) in [5, 5.41) is 0. The Labute approximate surface area is 182 Å². The second-order valence-electron chi connectivity index (χ2n) is 7.87. The minimum atomic E-state index is -0.265. The molecule has 0 bridgehead atoms. The van der Waals surface area contributed by atoms with Crippen LogP contribution in [0.2, 0.25) is 0 Å². The Morgan fingerprint density at radius 2 is 1.68 bits per heavy atom. The van der Waals surface area contributed by atoms with E-state index in [9.17, 15) is 9.18 Å². The lowest BCUT2D eigenvalue weighted by molar-refractivity contribution is -0.130. The molecule has 1 fully saturated rings. The smallest absolute Gasteiger partial charge is 0.222 e. The van der Waals surface area contributed by atoms with Gasteiger partial charge in [0, 0.05) is 37.1 Å². The van der Waals surface area contributed by atoms with Crippen molar-refractivity contribution in [2.45, 2.75) is 32.1 Å². The largest absolute Gasteiger partial charge is 0.497 e. The minimum Gasteiger partial charge on any atom is -0.497 e. The molecule has 4 rings (SSSR count). The number of rotatable bonds is 6. The van der Waals surface area contributed by atoms with Gasteiger partial charge in [-0.1, -0.05) is 24.6 Å². The first-order valence-electron chi connectivity index (χ1n) is 10.8. The molecule has 0 saturated carbocycles. The van der Waals surface area contributed by atoms with Gasteiger partial charge in [0.25, 0.3) is 0 Å². The second-order valence-corrected chi connectivity index (χ2v) is 7.87. The fourth-order valence-corrected chi connectivity index (χ4v) is 4.02. The van der Waals surface area contributed by atoms with Gasteiger partial charge in [-0.25, -0.2) is 4.39 Å². The molecule has 1 amide bonds. The van der Waals surface area contributed by atoms with Gasteiger partial charge < -0.3 is 9.64 Å². The third-order valence-electron chi connectivity index (χ3n) is 5.81. The molecule has 31 heavy (non-hydrogen) atoms. The predicted molar refractivity (Wildman–Crippen MR) is 120 cm³/mol. The molecule has 1 saturated heterocycles. The first kappa shape index (κ1) is 21.0. The van der Waals surface area contributed by atoms with Crippen LogP contribution in [-0.2, 0) is 11.2 Å². The summed E-state index contributed by atoms with van der Waals surface area (Å²) in [6.45, 7) is 1.47. The third kappa shape index (κ3) is 5.10. The van der Waals surface area contributed by atoms with Crippen molar-refractivity contribution in [2.75, 3.05) is 20.2 Å². The monoisotopic (exact) mass is 418 g/mol. The van der Waals surface area contributed by atoms with E-state index in [4.69, 9.17) is 9.72 Å². The maximum absolute atomic E-state index is 13.4. The molecule has 4 nitrogen and oxygen atoms in total. The van der Waals surface area contributed by atoms with Gasteiger partial charge in [-0.05, 0) is 60.9 Å². The van der Waals surface area contributed by atoms with Crippen LogP contribution in [0.5, 0.6) is 5.75 Å². The molecular formula is C26H27FN2O2. The molecule has 160 valence electrons. The lowest BCUT2D eigenvalue weighted by atomic mass is 10.00. The van der Waals surface area contributed by atoms with Crippen molar-refractivity contribution >= 4 is 5.91 Å². The highest BCUT2D eigenvalue weighted by Crippen LogP contribution is 2.29. The Hall–Kier alpha value is -3.21. The van der Waals surface area contributed by atoms with Crippen LogP contribution < -0.4 is 4.74 Å². The number of nitrogens with zero attached hydrogens (tertiary/aromatic N) is 2. The van der Waals surface area contributed by atoms with E-state index in [-0.39, 0.29) is 11.7 Å². The highest BCUT2D eigenvalue weighted by Gasteiger charge is 2.18. The molecule has 1 aliphatic rings. The normalized spacial score (nSPS) is 14.4. The summed E-state index contributed by atoms with van der Waals surface area (Å²) in [5.41, 5.74) is 4.69. The van der Waals surface area contributed by atoms with E-state index in [1.54, 1.807) is 19.2 Å². The number of carbonyl (C=O) groups is 1. The van der Waals surface area contributed by atoms with Gasteiger partial charge >= 0.3 is 0 Å². The number of carbonyl (C=O) groups excluding carboxylic acids is 1. The highest BCUT2D eigenvalue weighted by atomic mass is 19.1. The van der Waals surface area contributed by atoms with E-state index in [1.807, 2.05) is 35.2 Å². The quantitative estimate of drug-likeness (QED) is 0.530. The Balaban J connectivity index is 1.66. The number of methoxy groups -OCH3 is 1. The highest BCUT2D eigenvalue weighted by molar-refractivity contribution is 5.76. The Morgan fingerprint density at radius 1 is 0.935 bits per heavy atom. The molecule has 5 heteroatoms. The number of aromatic nitrogens is 1. The maximum atomic E-state index is 13.4. The number of pyridine rings is 1. The van der Waals surface area contributed by atoms with Crippen molar-refractivity contribution < 1.29 is 13.9 Å². The van der Waals surface area contributed by atoms with Crippen LogP contribution in [-0.4, -0.2) is 36.0 Å². The summed E-state index contributed by atoms with van der Waals surface area (Å²) < 4.78 is 18.6. The molecule has 0 aliphatic carbocycles. The first-order chi connectivity index (χ1) is 15.1. The zero-order chi connectivity index (χ0) is 21.6. The average molecular weight is 419 g/mol. The number of halogens is 1. The lowest BCUT2D eigenvalue weighted by Gasteiger charge is -2.21. The summed E-state index contributed by atoms with van der Waals surface area (Å²) in [6.07, 6.45) is 4.44. The summed E-state index contributed by atoms with van der Waals surface area (Å²) in [5.74, 6) is 0.771. The zero-order valence-corrected chi connectivity index (χ0v) is 17.8. The van der Waals surface area contributed by atoms with Gasteiger partial charge in [0.1, 0.15) is 11.6 Å². The number of ether oxygens (including phenoxy) is 1. The lowest BCUT2D eigenvalue weighted by Crippen LogP contribution is -2.32. The molecule has 0 radical (unpaired) electrons. The fourth-order valence-electron chi connectivity index (χ4n) is 4.02. The van der Waals surface area contributed by atoms with Crippen LogP contribution in [0.1, 0.15) is 31.4 Å². The van der Waals surface area contributed by atoms with Crippen LogP contribution in [0.4, 0.5) is 4.39 Å². The van der Waals surface area contributed by atoms with E-state index in [0.29, 0.717) is 19.4 Å². The summed E-state index contributed by atoms with van der Waals surface area (Å²) >= 11 is 0. The van der Waals surface area contributed by atoms with E-state index in [2.05, 4.69) is 6.07 Å². The maximum Gasteiger partial charge on any atom is 0.222 e. The Morgan fingerprint density at radius 3 is 2.42 bits per heavy atom. The number of benzene rings is 2. The van der Waals surface area contributed by atoms with Crippen molar-refractivity contribution in [2.24, 2.45) is 0 Å². The number of amides is 1. The summed E-state index contributed by atoms with van der Waals surface area (Å²) in [4.78, 5) is 19.3. The minimum absolute atomic E-state index is 0.234. The van der Waals surface area contributed by atoms with Crippen molar-refractivity contribution in [3.05, 3.63) is 72.2 Å². The Kier molecular flexibility index (Phi) is 6.60. The third-order valence-corrected chi connectivity index (χ3v) is 5.81. The molecule has 2 aromatic carbocycles. The SMILES string of the molecule is COc1ccc(-c2ccc(-c3ccc(F)cc3)nc2CCN2CCCCCC2=O)cc1. The fraction of sp³-hybridized carbons (Fsp3) is 0.308.